The summed E-state index contributed by atoms with van der Waals surface area (Å²) in [4.78, 5) is 17.0. The Kier molecular flexibility index (Phi) is 5.77. The van der Waals surface area contributed by atoms with Crippen LogP contribution in [0.2, 0.25) is 0 Å². The van der Waals surface area contributed by atoms with Crippen LogP contribution in [0, 0.1) is 20.8 Å². The minimum atomic E-state index is 0.0914. The molecule has 0 spiro atoms. The fraction of sp³-hybridized carbons (Fsp3) is 0.167. The standard InChI is InChI=1S/C24H22N4OS/c1-16-13-18(3)21(14-17(16)2)22(29)15-30-24-27-26-23(19-9-11-25-12-10-19)28(24)20-7-5-4-6-8-20/h4-14H,15H2,1-3H3. The molecule has 0 aliphatic rings. The monoisotopic (exact) mass is 414 g/mol. The van der Waals surface area contributed by atoms with Gasteiger partial charge < -0.3 is 0 Å². The van der Waals surface area contributed by atoms with E-state index in [2.05, 4.69) is 28.2 Å². The van der Waals surface area contributed by atoms with Gasteiger partial charge in [0.05, 0.1) is 5.75 Å². The van der Waals surface area contributed by atoms with E-state index >= 15 is 0 Å². The number of ketones is 1. The molecule has 6 heteroatoms. The molecule has 30 heavy (non-hydrogen) atoms. The molecular formula is C24H22N4OS. The molecule has 0 saturated heterocycles. The fourth-order valence-electron chi connectivity index (χ4n) is 3.33. The molecule has 150 valence electrons. The molecule has 0 fully saturated rings. The SMILES string of the molecule is Cc1cc(C)c(C(=O)CSc2nnc(-c3ccncc3)n2-c2ccccc2)cc1C. The van der Waals surface area contributed by atoms with Gasteiger partial charge in [0.2, 0.25) is 0 Å². The maximum absolute atomic E-state index is 12.9. The maximum atomic E-state index is 12.9. The van der Waals surface area contributed by atoms with E-state index in [9.17, 15) is 4.79 Å². The summed E-state index contributed by atoms with van der Waals surface area (Å²) in [6, 6.07) is 17.8. The molecule has 0 N–H and O–H groups in total. The quantitative estimate of drug-likeness (QED) is 0.319. The van der Waals surface area contributed by atoms with Crippen molar-refractivity contribution in [3.63, 3.8) is 0 Å². The number of carbonyl (C=O) groups is 1. The highest BCUT2D eigenvalue weighted by Crippen LogP contribution is 2.28. The molecule has 2 aromatic heterocycles. The van der Waals surface area contributed by atoms with Gasteiger partial charge in [-0.1, -0.05) is 36.0 Å². The highest BCUT2D eigenvalue weighted by Gasteiger charge is 2.18. The molecule has 0 radical (unpaired) electrons. The number of rotatable bonds is 6. The van der Waals surface area contributed by atoms with Gasteiger partial charge in [-0.3, -0.25) is 14.3 Å². The van der Waals surface area contributed by atoms with Crippen molar-refractivity contribution in [3.8, 4) is 17.1 Å². The Labute approximate surface area is 180 Å². The average Bonchev–Trinajstić information content (AvgIpc) is 3.20. The van der Waals surface area contributed by atoms with Crippen molar-refractivity contribution in [2.75, 3.05) is 5.75 Å². The number of hydrogen-bond acceptors (Lipinski definition) is 5. The summed E-state index contributed by atoms with van der Waals surface area (Å²) in [6.07, 6.45) is 3.47. The van der Waals surface area contributed by atoms with Gasteiger partial charge in [0.1, 0.15) is 0 Å². The summed E-state index contributed by atoms with van der Waals surface area (Å²) in [6.45, 7) is 6.08. The summed E-state index contributed by atoms with van der Waals surface area (Å²) < 4.78 is 1.99. The van der Waals surface area contributed by atoms with E-state index < -0.39 is 0 Å². The van der Waals surface area contributed by atoms with E-state index in [-0.39, 0.29) is 5.78 Å². The first-order chi connectivity index (χ1) is 14.5. The van der Waals surface area contributed by atoms with Gasteiger partial charge in [-0.2, -0.15) is 0 Å². The summed E-state index contributed by atoms with van der Waals surface area (Å²) >= 11 is 1.40. The number of thioether (sulfide) groups is 1. The van der Waals surface area contributed by atoms with Crippen LogP contribution in [-0.4, -0.2) is 31.3 Å². The number of nitrogens with zero attached hydrogens (tertiary/aromatic N) is 4. The van der Waals surface area contributed by atoms with E-state index in [0.29, 0.717) is 10.9 Å². The van der Waals surface area contributed by atoms with Crippen LogP contribution >= 0.6 is 11.8 Å². The van der Waals surface area contributed by atoms with Crippen molar-refractivity contribution in [1.29, 1.82) is 0 Å². The van der Waals surface area contributed by atoms with Crippen molar-refractivity contribution in [3.05, 3.63) is 89.2 Å². The van der Waals surface area contributed by atoms with E-state index in [4.69, 9.17) is 0 Å². The Morgan fingerprint density at radius 3 is 2.33 bits per heavy atom. The zero-order valence-corrected chi connectivity index (χ0v) is 18.0. The zero-order chi connectivity index (χ0) is 21.1. The third kappa shape index (κ3) is 4.04. The second-order valence-corrected chi connectivity index (χ2v) is 8.12. The van der Waals surface area contributed by atoms with Crippen LogP contribution in [0.25, 0.3) is 17.1 Å². The molecule has 2 aromatic carbocycles. The topological polar surface area (TPSA) is 60.7 Å². The lowest BCUT2D eigenvalue weighted by Crippen LogP contribution is -2.07. The predicted molar refractivity (Wildman–Crippen MR) is 120 cm³/mol. The van der Waals surface area contributed by atoms with Gasteiger partial charge in [0, 0.05) is 29.2 Å². The van der Waals surface area contributed by atoms with Crippen molar-refractivity contribution in [1.82, 2.24) is 19.7 Å². The van der Waals surface area contributed by atoms with E-state index in [1.165, 1.54) is 17.3 Å². The number of aromatic nitrogens is 4. The third-order valence-electron chi connectivity index (χ3n) is 5.06. The van der Waals surface area contributed by atoms with Crippen LogP contribution in [0.5, 0.6) is 0 Å². The number of aryl methyl sites for hydroxylation is 3. The highest BCUT2D eigenvalue weighted by molar-refractivity contribution is 7.99. The molecule has 0 aliphatic carbocycles. The number of para-hydroxylation sites is 1. The second-order valence-electron chi connectivity index (χ2n) is 7.18. The van der Waals surface area contributed by atoms with Crippen LogP contribution < -0.4 is 0 Å². The first-order valence-corrected chi connectivity index (χ1v) is 10.7. The molecule has 4 rings (SSSR count). The number of hydrogen-bond donors (Lipinski definition) is 0. The Balaban J connectivity index is 1.66. The molecule has 0 saturated carbocycles. The highest BCUT2D eigenvalue weighted by atomic mass is 32.2. The van der Waals surface area contributed by atoms with E-state index in [1.54, 1.807) is 12.4 Å². The molecule has 0 unspecified atom stereocenters. The zero-order valence-electron chi connectivity index (χ0n) is 17.2. The van der Waals surface area contributed by atoms with Gasteiger partial charge >= 0.3 is 0 Å². The van der Waals surface area contributed by atoms with Crippen LogP contribution in [0.3, 0.4) is 0 Å². The van der Waals surface area contributed by atoms with Gasteiger partial charge in [0.15, 0.2) is 16.8 Å². The van der Waals surface area contributed by atoms with Crippen molar-refractivity contribution < 1.29 is 4.79 Å². The molecule has 5 nitrogen and oxygen atoms in total. The summed E-state index contributed by atoms with van der Waals surface area (Å²) in [7, 11) is 0. The van der Waals surface area contributed by atoms with E-state index in [0.717, 1.165) is 33.8 Å². The number of carbonyl (C=O) groups excluding carboxylic acids is 1. The van der Waals surface area contributed by atoms with Crippen LogP contribution in [0.4, 0.5) is 0 Å². The van der Waals surface area contributed by atoms with Gasteiger partial charge in [0.25, 0.3) is 0 Å². The Hall–Kier alpha value is -3.25. The maximum Gasteiger partial charge on any atom is 0.196 e. The molecule has 2 heterocycles. The van der Waals surface area contributed by atoms with Crippen molar-refractivity contribution >= 4 is 17.5 Å². The summed E-state index contributed by atoms with van der Waals surface area (Å²) in [5, 5.41) is 9.48. The molecule has 0 bridgehead atoms. The minimum Gasteiger partial charge on any atom is -0.293 e. The smallest absolute Gasteiger partial charge is 0.196 e. The average molecular weight is 415 g/mol. The minimum absolute atomic E-state index is 0.0914. The first kappa shape index (κ1) is 20.0. The lowest BCUT2D eigenvalue weighted by atomic mass is 9.99. The predicted octanol–water partition coefficient (Wildman–Crippen LogP) is 5.23. The largest absolute Gasteiger partial charge is 0.293 e. The summed E-state index contributed by atoms with van der Waals surface area (Å²) in [5.41, 5.74) is 5.97. The molecular weight excluding hydrogens is 392 g/mol. The molecule has 4 aromatic rings. The molecule has 0 amide bonds. The van der Waals surface area contributed by atoms with Crippen molar-refractivity contribution in [2.45, 2.75) is 25.9 Å². The van der Waals surface area contributed by atoms with Crippen molar-refractivity contribution in [2.24, 2.45) is 0 Å². The Bertz CT molecular complexity index is 1190. The van der Waals surface area contributed by atoms with Crippen LogP contribution in [-0.2, 0) is 0 Å². The van der Waals surface area contributed by atoms with Crippen LogP contribution in [0.1, 0.15) is 27.0 Å². The Morgan fingerprint density at radius 1 is 0.900 bits per heavy atom. The van der Waals surface area contributed by atoms with Gasteiger partial charge in [-0.25, -0.2) is 0 Å². The molecule has 0 aliphatic heterocycles. The third-order valence-corrected chi connectivity index (χ3v) is 5.99. The van der Waals surface area contributed by atoms with Gasteiger partial charge in [-0.05, 0) is 67.8 Å². The number of benzene rings is 2. The lowest BCUT2D eigenvalue weighted by molar-refractivity contribution is 0.102. The van der Waals surface area contributed by atoms with Gasteiger partial charge in [-0.15, -0.1) is 10.2 Å². The second kappa shape index (κ2) is 8.63. The first-order valence-electron chi connectivity index (χ1n) is 9.69. The molecule has 0 atom stereocenters. The lowest BCUT2D eigenvalue weighted by Gasteiger charge is -2.11. The Morgan fingerprint density at radius 2 is 1.60 bits per heavy atom. The number of Topliss-reactive ketones (excluding diaryl/α,β-unsaturated/α-hetero) is 1. The number of pyridine rings is 1. The van der Waals surface area contributed by atoms with E-state index in [1.807, 2.05) is 66.9 Å². The fourth-order valence-corrected chi connectivity index (χ4v) is 4.17. The van der Waals surface area contributed by atoms with Crippen LogP contribution in [0.15, 0.2) is 72.1 Å². The normalized spacial score (nSPS) is 10.9. The summed E-state index contributed by atoms with van der Waals surface area (Å²) in [5.74, 6) is 1.11.